The quantitative estimate of drug-likeness (QED) is 0.614. The fourth-order valence-electron chi connectivity index (χ4n) is 1.59. The van der Waals surface area contributed by atoms with Crippen LogP contribution in [0.5, 0.6) is 0 Å². The number of hydrogen-bond acceptors (Lipinski definition) is 2. The van der Waals surface area contributed by atoms with E-state index < -0.39 is 0 Å². The van der Waals surface area contributed by atoms with E-state index in [0.29, 0.717) is 11.0 Å². The normalized spacial score (nSPS) is 10.6. The number of fused-ring (bicyclic) bond motifs is 1. The molecule has 2 heteroatoms. The molecule has 0 saturated heterocycles. The Morgan fingerprint density at radius 3 is 2.77 bits per heavy atom. The van der Waals surface area contributed by atoms with Gasteiger partial charge >= 0.3 is 0 Å². The van der Waals surface area contributed by atoms with Crippen molar-refractivity contribution in [1.82, 2.24) is 0 Å². The Morgan fingerprint density at radius 1 is 1.23 bits per heavy atom. The first kappa shape index (κ1) is 8.05. The SMILES string of the molecule is Cc1cc(C)c2c(=O)ccoc2c1. The largest absolute Gasteiger partial charge is 0.464 e. The average molecular weight is 174 g/mol. The standard InChI is InChI=1S/C11H10O2/c1-7-5-8(2)11-9(12)3-4-13-10(11)6-7/h3-6H,1-2H3. The van der Waals surface area contributed by atoms with Crippen molar-refractivity contribution >= 4 is 11.0 Å². The lowest BCUT2D eigenvalue weighted by molar-refractivity contribution is 0.602. The van der Waals surface area contributed by atoms with Crippen molar-refractivity contribution in [3.8, 4) is 0 Å². The smallest absolute Gasteiger partial charge is 0.192 e. The third-order valence-corrected chi connectivity index (χ3v) is 2.10. The molecule has 0 atom stereocenters. The fraction of sp³-hybridized carbons (Fsp3) is 0.182. The highest BCUT2D eigenvalue weighted by Gasteiger charge is 2.03. The Labute approximate surface area is 75.8 Å². The zero-order chi connectivity index (χ0) is 9.42. The van der Waals surface area contributed by atoms with Crippen molar-refractivity contribution in [1.29, 1.82) is 0 Å². The minimum absolute atomic E-state index is 0.0266. The molecule has 0 unspecified atom stereocenters. The molecule has 1 aromatic carbocycles. The van der Waals surface area contributed by atoms with Gasteiger partial charge in [0.2, 0.25) is 0 Å². The van der Waals surface area contributed by atoms with Crippen LogP contribution in [0.15, 0.2) is 33.7 Å². The van der Waals surface area contributed by atoms with Gasteiger partial charge in [-0.25, -0.2) is 0 Å². The summed E-state index contributed by atoms with van der Waals surface area (Å²) in [4.78, 5) is 11.5. The Morgan fingerprint density at radius 2 is 2.00 bits per heavy atom. The minimum Gasteiger partial charge on any atom is -0.464 e. The van der Waals surface area contributed by atoms with Crippen LogP contribution in [0.1, 0.15) is 11.1 Å². The Kier molecular flexibility index (Phi) is 1.69. The van der Waals surface area contributed by atoms with Crippen LogP contribution in [0.25, 0.3) is 11.0 Å². The van der Waals surface area contributed by atoms with Crippen LogP contribution in [0.4, 0.5) is 0 Å². The summed E-state index contributed by atoms with van der Waals surface area (Å²) in [6, 6.07) is 5.31. The van der Waals surface area contributed by atoms with E-state index in [1.165, 1.54) is 12.3 Å². The van der Waals surface area contributed by atoms with Gasteiger partial charge in [0, 0.05) is 6.07 Å². The summed E-state index contributed by atoms with van der Waals surface area (Å²) in [6.07, 6.45) is 1.43. The molecule has 0 aliphatic rings. The third kappa shape index (κ3) is 1.24. The molecular weight excluding hydrogens is 164 g/mol. The molecule has 66 valence electrons. The molecule has 0 spiro atoms. The van der Waals surface area contributed by atoms with Crippen molar-refractivity contribution in [3.05, 3.63) is 45.8 Å². The molecule has 0 amide bonds. The second kappa shape index (κ2) is 2.73. The van der Waals surface area contributed by atoms with E-state index in [9.17, 15) is 4.79 Å². The monoisotopic (exact) mass is 174 g/mol. The molecule has 0 aliphatic carbocycles. The van der Waals surface area contributed by atoms with Crippen LogP contribution in [0.2, 0.25) is 0 Å². The maximum Gasteiger partial charge on any atom is 0.192 e. The highest BCUT2D eigenvalue weighted by Crippen LogP contribution is 2.16. The summed E-state index contributed by atoms with van der Waals surface area (Å²) < 4.78 is 5.25. The van der Waals surface area contributed by atoms with Gasteiger partial charge in [-0.3, -0.25) is 4.79 Å². The molecule has 0 N–H and O–H groups in total. The Balaban J connectivity index is 3.03. The molecule has 13 heavy (non-hydrogen) atoms. The van der Waals surface area contributed by atoms with E-state index >= 15 is 0 Å². The lowest BCUT2D eigenvalue weighted by atomic mass is 10.1. The molecule has 0 bridgehead atoms. The number of benzene rings is 1. The van der Waals surface area contributed by atoms with Crippen LogP contribution < -0.4 is 5.43 Å². The van der Waals surface area contributed by atoms with Crippen LogP contribution >= 0.6 is 0 Å². The first-order chi connectivity index (χ1) is 6.18. The summed E-state index contributed by atoms with van der Waals surface area (Å²) in [5.41, 5.74) is 2.78. The van der Waals surface area contributed by atoms with Crippen LogP contribution in [-0.4, -0.2) is 0 Å². The molecule has 0 radical (unpaired) electrons. The third-order valence-electron chi connectivity index (χ3n) is 2.10. The van der Waals surface area contributed by atoms with Crippen molar-refractivity contribution < 1.29 is 4.42 Å². The van der Waals surface area contributed by atoms with E-state index in [1.54, 1.807) is 0 Å². The summed E-state index contributed by atoms with van der Waals surface area (Å²) in [7, 11) is 0. The summed E-state index contributed by atoms with van der Waals surface area (Å²) in [6.45, 7) is 3.91. The van der Waals surface area contributed by atoms with Crippen molar-refractivity contribution in [2.45, 2.75) is 13.8 Å². The van der Waals surface area contributed by atoms with E-state index in [-0.39, 0.29) is 5.43 Å². The summed E-state index contributed by atoms with van der Waals surface area (Å²) in [5, 5.41) is 0.688. The molecule has 1 aromatic heterocycles. The topological polar surface area (TPSA) is 30.2 Å². The van der Waals surface area contributed by atoms with E-state index in [0.717, 1.165) is 11.1 Å². The molecular formula is C11H10O2. The maximum absolute atomic E-state index is 11.5. The van der Waals surface area contributed by atoms with E-state index in [4.69, 9.17) is 4.42 Å². The van der Waals surface area contributed by atoms with Crippen molar-refractivity contribution in [2.24, 2.45) is 0 Å². The van der Waals surface area contributed by atoms with Gasteiger partial charge in [0.1, 0.15) is 5.58 Å². The average Bonchev–Trinajstić information content (AvgIpc) is 2.02. The Bertz CT molecular complexity index is 509. The predicted octanol–water partition coefficient (Wildman–Crippen LogP) is 2.41. The predicted molar refractivity (Wildman–Crippen MR) is 52.0 cm³/mol. The first-order valence-electron chi connectivity index (χ1n) is 4.17. The van der Waals surface area contributed by atoms with Gasteiger partial charge in [0.15, 0.2) is 5.43 Å². The molecule has 2 aromatic rings. The molecule has 2 rings (SSSR count). The lowest BCUT2D eigenvalue weighted by Gasteiger charge is -2.00. The molecule has 2 nitrogen and oxygen atoms in total. The maximum atomic E-state index is 11.5. The van der Waals surface area contributed by atoms with Gasteiger partial charge in [0.25, 0.3) is 0 Å². The van der Waals surface area contributed by atoms with Gasteiger partial charge in [-0.15, -0.1) is 0 Å². The summed E-state index contributed by atoms with van der Waals surface area (Å²) >= 11 is 0. The number of hydrogen-bond donors (Lipinski definition) is 0. The van der Waals surface area contributed by atoms with Gasteiger partial charge in [0.05, 0.1) is 11.6 Å². The number of aryl methyl sites for hydroxylation is 2. The van der Waals surface area contributed by atoms with Crippen molar-refractivity contribution in [2.75, 3.05) is 0 Å². The molecule has 0 fully saturated rings. The second-order valence-corrected chi connectivity index (χ2v) is 3.24. The summed E-state index contributed by atoms with van der Waals surface area (Å²) in [5.74, 6) is 0. The molecule has 0 saturated carbocycles. The zero-order valence-electron chi connectivity index (χ0n) is 7.63. The lowest BCUT2D eigenvalue weighted by Crippen LogP contribution is -2.00. The van der Waals surface area contributed by atoms with Crippen LogP contribution in [0.3, 0.4) is 0 Å². The highest BCUT2D eigenvalue weighted by molar-refractivity contribution is 5.80. The van der Waals surface area contributed by atoms with Gasteiger partial charge < -0.3 is 4.42 Å². The second-order valence-electron chi connectivity index (χ2n) is 3.24. The van der Waals surface area contributed by atoms with Gasteiger partial charge in [-0.2, -0.15) is 0 Å². The fourth-order valence-corrected chi connectivity index (χ4v) is 1.59. The number of rotatable bonds is 0. The van der Waals surface area contributed by atoms with E-state index in [2.05, 4.69) is 0 Å². The minimum atomic E-state index is 0.0266. The van der Waals surface area contributed by atoms with Crippen molar-refractivity contribution in [3.63, 3.8) is 0 Å². The van der Waals surface area contributed by atoms with Crippen LogP contribution in [-0.2, 0) is 0 Å². The zero-order valence-corrected chi connectivity index (χ0v) is 7.63. The van der Waals surface area contributed by atoms with Crippen LogP contribution in [0, 0.1) is 13.8 Å². The van der Waals surface area contributed by atoms with Gasteiger partial charge in [-0.05, 0) is 31.0 Å². The molecule has 1 heterocycles. The first-order valence-corrected chi connectivity index (χ1v) is 4.17. The van der Waals surface area contributed by atoms with Gasteiger partial charge in [-0.1, -0.05) is 6.07 Å². The molecule has 0 aliphatic heterocycles. The van der Waals surface area contributed by atoms with E-state index in [1.807, 2.05) is 26.0 Å². The Hall–Kier alpha value is -1.57. The highest BCUT2D eigenvalue weighted by atomic mass is 16.3.